The molecule has 2 aromatic carbocycles. The highest BCUT2D eigenvalue weighted by atomic mass is 79.9. The third-order valence-electron chi connectivity index (χ3n) is 5.14. The molecule has 2 fully saturated rings. The van der Waals surface area contributed by atoms with Crippen LogP contribution in [0.1, 0.15) is 5.56 Å². The highest BCUT2D eigenvalue weighted by Gasteiger charge is 2.49. The van der Waals surface area contributed by atoms with Crippen LogP contribution in [0.15, 0.2) is 53.0 Å². The van der Waals surface area contributed by atoms with Gasteiger partial charge in [0, 0.05) is 28.3 Å². The zero-order valence-electron chi connectivity index (χ0n) is 14.4. The van der Waals surface area contributed by atoms with Crippen molar-refractivity contribution in [3.8, 4) is 0 Å². The van der Waals surface area contributed by atoms with Crippen molar-refractivity contribution < 1.29 is 17.6 Å². The van der Waals surface area contributed by atoms with E-state index in [1.54, 1.807) is 40.1 Å². The molecule has 0 radical (unpaired) electrons. The molecule has 0 spiro atoms. The molecule has 2 aromatic rings. The predicted molar refractivity (Wildman–Crippen MR) is 105 cm³/mol. The summed E-state index contributed by atoms with van der Waals surface area (Å²) in [6.45, 7) is 0.268. The maximum Gasteiger partial charge on any atom is 0.241 e. The zero-order valence-corrected chi connectivity index (χ0v) is 16.8. The van der Waals surface area contributed by atoms with Gasteiger partial charge in [0.25, 0.3) is 0 Å². The van der Waals surface area contributed by atoms with Gasteiger partial charge in [-0.15, -0.1) is 0 Å². The Morgan fingerprint density at radius 3 is 2.41 bits per heavy atom. The van der Waals surface area contributed by atoms with Gasteiger partial charge in [0.05, 0.1) is 24.1 Å². The third-order valence-corrected chi connectivity index (χ3v) is 7.36. The van der Waals surface area contributed by atoms with E-state index < -0.39 is 15.9 Å². The van der Waals surface area contributed by atoms with E-state index >= 15 is 0 Å². The molecule has 2 aliphatic rings. The lowest BCUT2D eigenvalue weighted by atomic mass is 10.0. The number of carbonyl (C=O) groups excluding carboxylic acids is 1. The van der Waals surface area contributed by atoms with E-state index in [1.807, 2.05) is 12.1 Å². The Bertz CT molecular complexity index is 981. The van der Waals surface area contributed by atoms with Gasteiger partial charge in [-0.05, 0) is 30.3 Å². The number of hydrogen-bond acceptors (Lipinski definition) is 4. The van der Waals surface area contributed by atoms with Crippen molar-refractivity contribution in [2.45, 2.75) is 18.6 Å². The first kappa shape index (κ1) is 18.6. The second-order valence-electron chi connectivity index (χ2n) is 6.95. The first-order chi connectivity index (χ1) is 12.8. The molecule has 2 saturated heterocycles. The molecule has 2 atom stereocenters. The van der Waals surface area contributed by atoms with E-state index in [9.17, 15) is 17.6 Å². The molecule has 142 valence electrons. The van der Waals surface area contributed by atoms with Crippen molar-refractivity contribution in [3.05, 3.63) is 64.4 Å². The SMILES string of the molecule is O=C1CN(Cc2ccccc2F)C2CS(=O)(=O)CC2N1c1ccc(Br)cc1. The molecule has 0 saturated carbocycles. The van der Waals surface area contributed by atoms with Crippen molar-refractivity contribution in [3.63, 3.8) is 0 Å². The lowest BCUT2D eigenvalue weighted by Crippen LogP contribution is -2.61. The van der Waals surface area contributed by atoms with Crippen LogP contribution in [0.4, 0.5) is 10.1 Å². The molecular formula is C19H18BrFN2O3S. The highest BCUT2D eigenvalue weighted by Crippen LogP contribution is 2.33. The van der Waals surface area contributed by atoms with E-state index in [0.29, 0.717) is 11.3 Å². The van der Waals surface area contributed by atoms with Gasteiger partial charge in [0.2, 0.25) is 5.91 Å². The van der Waals surface area contributed by atoms with E-state index in [-0.39, 0.29) is 42.4 Å². The van der Waals surface area contributed by atoms with Crippen molar-refractivity contribution in [1.29, 1.82) is 0 Å². The smallest absolute Gasteiger partial charge is 0.241 e. The number of carbonyl (C=O) groups is 1. The minimum absolute atomic E-state index is 0.0214. The number of rotatable bonds is 3. The van der Waals surface area contributed by atoms with Gasteiger partial charge in [-0.2, -0.15) is 0 Å². The highest BCUT2D eigenvalue weighted by molar-refractivity contribution is 9.10. The Hall–Kier alpha value is -1.77. The molecule has 5 nitrogen and oxygen atoms in total. The molecule has 2 aliphatic heterocycles. The fourth-order valence-electron chi connectivity index (χ4n) is 3.91. The van der Waals surface area contributed by atoms with Crippen LogP contribution in [0, 0.1) is 5.82 Å². The van der Waals surface area contributed by atoms with Crippen LogP contribution >= 0.6 is 15.9 Å². The van der Waals surface area contributed by atoms with Crippen LogP contribution in [-0.2, 0) is 21.2 Å². The number of anilines is 1. The Morgan fingerprint density at radius 2 is 1.70 bits per heavy atom. The molecular weight excluding hydrogens is 435 g/mol. The molecule has 0 aromatic heterocycles. The van der Waals surface area contributed by atoms with Crippen LogP contribution < -0.4 is 4.90 Å². The molecule has 8 heteroatoms. The molecule has 4 rings (SSSR count). The van der Waals surface area contributed by atoms with Gasteiger partial charge in [0.15, 0.2) is 9.84 Å². The van der Waals surface area contributed by atoms with Gasteiger partial charge in [0.1, 0.15) is 5.82 Å². The molecule has 0 bridgehead atoms. The molecule has 2 unspecified atom stereocenters. The summed E-state index contributed by atoms with van der Waals surface area (Å²) in [4.78, 5) is 16.3. The number of piperazine rings is 1. The maximum absolute atomic E-state index is 14.1. The first-order valence-corrected chi connectivity index (χ1v) is 11.2. The van der Waals surface area contributed by atoms with Crippen LogP contribution in [0.5, 0.6) is 0 Å². The van der Waals surface area contributed by atoms with Crippen molar-refractivity contribution in [2.75, 3.05) is 23.0 Å². The van der Waals surface area contributed by atoms with Gasteiger partial charge >= 0.3 is 0 Å². The Labute approximate surface area is 165 Å². The van der Waals surface area contributed by atoms with E-state index in [4.69, 9.17) is 0 Å². The van der Waals surface area contributed by atoms with Crippen LogP contribution in [-0.4, -0.2) is 49.4 Å². The summed E-state index contributed by atoms with van der Waals surface area (Å²) in [5.41, 5.74) is 1.14. The van der Waals surface area contributed by atoms with Gasteiger partial charge < -0.3 is 4.90 Å². The molecule has 1 amide bonds. The Morgan fingerprint density at radius 1 is 1.04 bits per heavy atom. The number of benzene rings is 2. The summed E-state index contributed by atoms with van der Waals surface area (Å²) < 4.78 is 39.7. The zero-order chi connectivity index (χ0) is 19.2. The lowest BCUT2D eigenvalue weighted by molar-refractivity contribution is -0.123. The average Bonchev–Trinajstić information content (AvgIpc) is 2.93. The second kappa shape index (κ2) is 7.00. The summed E-state index contributed by atoms with van der Waals surface area (Å²) in [5.74, 6) is -0.621. The van der Waals surface area contributed by atoms with E-state index in [2.05, 4.69) is 15.9 Å². The van der Waals surface area contributed by atoms with E-state index in [0.717, 1.165) is 4.47 Å². The summed E-state index contributed by atoms with van der Waals surface area (Å²) in [7, 11) is -3.28. The van der Waals surface area contributed by atoms with Crippen LogP contribution in [0.25, 0.3) is 0 Å². The van der Waals surface area contributed by atoms with Gasteiger partial charge in [-0.25, -0.2) is 12.8 Å². The first-order valence-electron chi connectivity index (χ1n) is 8.59. The number of hydrogen-bond donors (Lipinski definition) is 0. The van der Waals surface area contributed by atoms with Gasteiger partial charge in [-0.3, -0.25) is 9.69 Å². The monoisotopic (exact) mass is 452 g/mol. The largest absolute Gasteiger partial charge is 0.306 e. The van der Waals surface area contributed by atoms with Crippen LogP contribution in [0.3, 0.4) is 0 Å². The lowest BCUT2D eigenvalue weighted by Gasteiger charge is -2.43. The molecule has 2 heterocycles. The Balaban J connectivity index is 1.68. The van der Waals surface area contributed by atoms with Crippen molar-refractivity contribution in [2.24, 2.45) is 0 Å². The molecule has 0 aliphatic carbocycles. The fraction of sp³-hybridized carbons (Fsp3) is 0.316. The van der Waals surface area contributed by atoms with Crippen LogP contribution in [0.2, 0.25) is 0 Å². The summed E-state index contributed by atoms with van der Waals surface area (Å²) in [6.07, 6.45) is 0. The standard InChI is InChI=1S/C19H18BrFN2O3S/c20-14-5-7-15(8-6-14)23-18-12-27(25,26)11-17(18)22(10-19(23)24)9-13-3-1-2-4-16(13)21/h1-8,17-18H,9-12H2. The average molecular weight is 453 g/mol. The predicted octanol–water partition coefficient (Wildman–Crippen LogP) is 2.60. The number of halogens is 2. The number of fused-ring (bicyclic) bond motifs is 1. The minimum atomic E-state index is -3.28. The third kappa shape index (κ3) is 3.66. The summed E-state index contributed by atoms with van der Waals surface area (Å²) in [5, 5.41) is 0. The minimum Gasteiger partial charge on any atom is -0.306 e. The second-order valence-corrected chi connectivity index (χ2v) is 10.0. The number of amides is 1. The summed E-state index contributed by atoms with van der Waals surface area (Å²) in [6, 6.07) is 12.8. The number of sulfone groups is 1. The number of nitrogens with zero attached hydrogens (tertiary/aromatic N) is 2. The molecule has 27 heavy (non-hydrogen) atoms. The van der Waals surface area contributed by atoms with Crippen molar-refractivity contribution >= 4 is 37.4 Å². The quantitative estimate of drug-likeness (QED) is 0.717. The maximum atomic E-state index is 14.1. The summed E-state index contributed by atoms with van der Waals surface area (Å²) >= 11 is 3.37. The fourth-order valence-corrected chi connectivity index (χ4v) is 6.16. The van der Waals surface area contributed by atoms with Crippen molar-refractivity contribution in [1.82, 2.24) is 4.90 Å². The normalized spacial score (nSPS) is 24.8. The van der Waals surface area contributed by atoms with Gasteiger partial charge in [-0.1, -0.05) is 34.1 Å². The topological polar surface area (TPSA) is 57.7 Å². The molecule has 0 N–H and O–H groups in total. The Kier molecular flexibility index (Phi) is 4.82. The van der Waals surface area contributed by atoms with E-state index in [1.165, 1.54) is 6.07 Å².